The Kier molecular flexibility index (Phi) is 3.50. The number of carbonyl (C=O) groups excluding carboxylic acids is 1. The predicted molar refractivity (Wildman–Crippen MR) is 65.7 cm³/mol. The van der Waals surface area contributed by atoms with E-state index in [1.165, 1.54) is 0 Å². The maximum Gasteiger partial charge on any atom is 0.405 e. The van der Waals surface area contributed by atoms with E-state index >= 15 is 0 Å². The van der Waals surface area contributed by atoms with Crippen LogP contribution >= 0.6 is 0 Å². The third kappa shape index (κ3) is 3.27. The number of halogens is 3. The van der Waals surface area contributed by atoms with Crippen LogP contribution in [0.1, 0.15) is 5.56 Å². The van der Waals surface area contributed by atoms with Crippen LogP contribution in [0.2, 0.25) is 0 Å². The molecule has 0 saturated carbocycles. The highest BCUT2D eigenvalue weighted by molar-refractivity contribution is 5.89. The Morgan fingerprint density at radius 2 is 2.00 bits per heavy atom. The smallest absolute Gasteiger partial charge is 0.350 e. The summed E-state index contributed by atoms with van der Waals surface area (Å²) in [5, 5.41) is 2.75. The van der Waals surface area contributed by atoms with Crippen LogP contribution < -0.4 is 5.32 Å². The zero-order chi connectivity index (χ0) is 14.0. The van der Waals surface area contributed by atoms with Gasteiger partial charge in [-0.2, -0.15) is 13.2 Å². The fourth-order valence-electron chi connectivity index (χ4n) is 2.00. The lowest BCUT2D eigenvalue weighted by Gasteiger charge is -2.07. The first-order chi connectivity index (χ1) is 8.87. The molecule has 3 nitrogen and oxygen atoms in total. The Hall–Kier alpha value is -1.98. The molecule has 1 N–H and O–H groups in total. The quantitative estimate of drug-likeness (QED) is 0.913. The van der Waals surface area contributed by atoms with Crippen LogP contribution in [0.3, 0.4) is 0 Å². The molecule has 2 aromatic rings. The maximum absolute atomic E-state index is 12.0. The molecule has 0 bridgehead atoms. The number of nitrogens with one attached hydrogen (secondary N) is 1. The molecule has 0 aliphatic rings. The second kappa shape index (κ2) is 4.95. The highest BCUT2D eigenvalue weighted by Gasteiger charge is 2.27. The van der Waals surface area contributed by atoms with Gasteiger partial charge in [0.1, 0.15) is 6.54 Å². The third-order valence-corrected chi connectivity index (χ3v) is 2.82. The van der Waals surface area contributed by atoms with Gasteiger partial charge >= 0.3 is 6.18 Å². The van der Waals surface area contributed by atoms with E-state index in [9.17, 15) is 18.0 Å². The van der Waals surface area contributed by atoms with Crippen molar-refractivity contribution in [2.24, 2.45) is 7.05 Å². The highest BCUT2D eigenvalue weighted by atomic mass is 19.4. The number of para-hydroxylation sites is 1. The van der Waals surface area contributed by atoms with Crippen LogP contribution in [0.25, 0.3) is 10.9 Å². The van der Waals surface area contributed by atoms with Gasteiger partial charge in [0.05, 0.1) is 6.42 Å². The zero-order valence-corrected chi connectivity index (χ0v) is 10.3. The highest BCUT2D eigenvalue weighted by Crippen LogP contribution is 2.20. The Labute approximate surface area is 108 Å². The first kappa shape index (κ1) is 13.5. The molecule has 0 aliphatic heterocycles. The van der Waals surface area contributed by atoms with Crippen LogP contribution in [0.15, 0.2) is 30.5 Å². The van der Waals surface area contributed by atoms with Crippen molar-refractivity contribution in [2.45, 2.75) is 12.6 Å². The van der Waals surface area contributed by atoms with E-state index in [-0.39, 0.29) is 6.42 Å². The van der Waals surface area contributed by atoms with Crippen molar-refractivity contribution in [1.82, 2.24) is 9.88 Å². The molecule has 102 valence electrons. The molecule has 0 fully saturated rings. The van der Waals surface area contributed by atoms with E-state index in [0.717, 1.165) is 16.5 Å². The van der Waals surface area contributed by atoms with Crippen LogP contribution in [0, 0.1) is 0 Å². The average molecular weight is 270 g/mol. The Bertz CT molecular complexity index is 601. The molecule has 0 radical (unpaired) electrons. The number of fused-ring (bicyclic) bond motifs is 1. The molecule has 0 aliphatic carbocycles. The van der Waals surface area contributed by atoms with Gasteiger partial charge in [-0.25, -0.2) is 0 Å². The molecule has 0 atom stereocenters. The standard InChI is InChI=1S/C13H13F3N2O/c1-18-7-9(10-4-2-3-5-11(10)18)6-12(19)17-8-13(14,15)16/h2-5,7H,6,8H2,1H3,(H,17,19). The summed E-state index contributed by atoms with van der Waals surface area (Å²) < 4.78 is 37.8. The number of nitrogens with zero attached hydrogens (tertiary/aromatic N) is 1. The molecule has 1 heterocycles. The molecule has 1 aromatic carbocycles. The van der Waals surface area contributed by atoms with Crippen molar-refractivity contribution in [3.8, 4) is 0 Å². The normalized spacial score (nSPS) is 11.8. The zero-order valence-electron chi connectivity index (χ0n) is 10.3. The number of hydrogen-bond acceptors (Lipinski definition) is 1. The van der Waals surface area contributed by atoms with Gasteiger partial charge < -0.3 is 9.88 Å². The van der Waals surface area contributed by atoms with Gasteiger partial charge in [-0.15, -0.1) is 0 Å². The summed E-state index contributed by atoms with van der Waals surface area (Å²) in [6.07, 6.45) is -2.68. The Morgan fingerprint density at radius 1 is 1.32 bits per heavy atom. The molecule has 0 spiro atoms. The number of carbonyl (C=O) groups is 1. The van der Waals surface area contributed by atoms with Gasteiger partial charge in [0.25, 0.3) is 0 Å². The topological polar surface area (TPSA) is 34.0 Å². The third-order valence-electron chi connectivity index (χ3n) is 2.82. The monoisotopic (exact) mass is 270 g/mol. The minimum Gasteiger partial charge on any atom is -0.350 e. The number of hydrogen-bond donors (Lipinski definition) is 1. The summed E-state index contributed by atoms with van der Waals surface area (Å²) in [6.45, 7) is -1.30. The van der Waals surface area contributed by atoms with E-state index < -0.39 is 18.6 Å². The summed E-state index contributed by atoms with van der Waals surface area (Å²) in [5.74, 6) is -0.631. The molecule has 6 heteroatoms. The molecule has 2 rings (SSSR count). The average Bonchev–Trinajstić information content (AvgIpc) is 2.64. The van der Waals surface area contributed by atoms with Crippen molar-refractivity contribution in [3.05, 3.63) is 36.0 Å². The Balaban J connectivity index is 2.11. The van der Waals surface area contributed by atoms with E-state index in [0.29, 0.717) is 0 Å². The SMILES string of the molecule is Cn1cc(CC(=O)NCC(F)(F)F)c2ccccc21. The number of alkyl halides is 3. The minimum absolute atomic E-state index is 0.0581. The first-order valence-electron chi connectivity index (χ1n) is 5.73. The number of aromatic nitrogens is 1. The fourth-order valence-corrected chi connectivity index (χ4v) is 2.00. The van der Waals surface area contributed by atoms with Gasteiger partial charge in [0.2, 0.25) is 5.91 Å². The van der Waals surface area contributed by atoms with Gasteiger partial charge in [0.15, 0.2) is 0 Å². The summed E-state index contributed by atoms with van der Waals surface area (Å²) >= 11 is 0. The summed E-state index contributed by atoms with van der Waals surface area (Å²) in [7, 11) is 1.83. The van der Waals surface area contributed by atoms with Crippen molar-refractivity contribution in [2.75, 3.05) is 6.54 Å². The molecule has 19 heavy (non-hydrogen) atoms. The summed E-state index contributed by atoms with van der Waals surface area (Å²) in [6, 6.07) is 7.45. The van der Waals surface area contributed by atoms with Crippen molar-refractivity contribution < 1.29 is 18.0 Å². The predicted octanol–water partition coefficient (Wildman–Crippen LogP) is 2.40. The van der Waals surface area contributed by atoms with Crippen molar-refractivity contribution in [3.63, 3.8) is 0 Å². The molecule has 0 saturated heterocycles. The van der Waals surface area contributed by atoms with Gasteiger partial charge in [-0.3, -0.25) is 4.79 Å². The van der Waals surface area contributed by atoms with Gasteiger partial charge in [-0.1, -0.05) is 18.2 Å². The second-order valence-electron chi connectivity index (χ2n) is 4.35. The van der Waals surface area contributed by atoms with E-state index in [2.05, 4.69) is 0 Å². The van der Waals surface area contributed by atoms with E-state index in [1.807, 2.05) is 41.2 Å². The van der Waals surface area contributed by atoms with Crippen LogP contribution in [0.5, 0.6) is 0 Å². The minimum atomic E-state index is -4.38. The van der Waals surface area contributed by atoms with Crippen LogP contribution in [-0.4, -0.2) is 23.2 Å². The number of rotatable bonds is 3. The van der Waals surface area contributed by atoms with Crippen molar-refractivity contribution >= 4 is 16.8 Å². The molecule has 1 aromatic heterocycles. The second-order valence-corrected chi connectivity index (χ2v) is 4.35. The largest absolute Gasteiger partial charge is 0.405 e. The van der Waals surface area contributed by atoms with Crippen LogP contribution in [0.4, 0.5) is 13.2 Å². The molecular weight excluding hydrogens is 257 g/mol. The number of benzene rings is 1. The maximum atomic E-state index is 12.0. The van der Waals surface area contributed by atoms with E-state index in [4.69, 9.17) is 0 Å². The molecule has 0 unspecified atom stereocenters. The van der Waals surface area contributed by atoms with Gasteiger partial charge in [0, 0.05) is 24.1 Å². The van der Waals surface area contributed by atoms with Crippen LogP contribution in [-0.2, 0) is 18.3 Å². The molecular formula is C13H13F3N2O. The fraction of sp³-hybridized carbons (Fsp3) is 0.308. The van der Waals surface area contributed by atoms with Crippen molar-refractivity contribution in [1.29, 1.82) is 0 Å². The number of aryl methyl sites for hydroxylation is 1. The van der Waals surface area contributed by atoms with Gasteiger partial charge in [-0.05, 0) is 11.6 Å². The lowest BCUT2D eigenvalue weighted by atomic mass is 10.1. The van der Waals surface area contributed by atoms with E-state index in [1.54, 1.807) is 6.20 Å². The Morgan fingerprint density at radius 3 is 2.68 bits per heavy atom. The summed E-state index contributed by atoms with van der Waals surface area (Å²) in [5.41, 5.74) is 1.67. The number of amides is 1. The lowest BCUT2D eigenvalue weighted by Crippen LogP contribution is -2.34. The summed E-state index contributed by atoms with van der Waals surface area (Å²) in [4.78, 5) is 11.5. The molecule has 1 amide bonds. The lowest BCUT2D eigenvalue weighted by molar-refractivity contribution is -0.138. The first-order valence-corrected chi connectivity index (χ1v) is 5.73.